The zero-order valence-electron chi connectivity index (χ0n) is 11.8. The minimum absolute atomic E-state index is 0.698. The predicted molar refractivity (Wildman–Crippen MR) is 74.3 cm³/mol. The first-order chi connectivity index (χ1) is 8.31. The Hall–Kier alpha value is -0.0800. The molecule has 0 aromatic rings. The van der Waals surface area contributed by atoms with E-state index in [0.29, 0.717) is 6.04 Å². The Morgan fingerprint density at radius 2 is 2.06 bits per heavy atom. The van der Waals surface area contributed by atoms with Crippen LogP contribution in [0.2, 0.25) is 0 Å². The zero-order valence-corrected chi connectivity index (χ0v) is 11.8. The van der Waals surface area contributed by atoms with Crippen LogP contribution in [0.1, 0.15) is 58.8 Å². The van der Waals surface area contributed by atoms with Gasteiger partial charge in [-0.1, -0.05) is 19.8 Å². The summed E-state index contributed by atoms with van der Waals surface area (Å²) >= 11 is 0. The van der Waals surface area contributed by atoms with E-state index in [0.717, 1.165) is 12.0 Å². The second-order valence-electron chi connectivity index (χ2n) is 6.08. The van der Waals surface area contributed by atoms with Crippen LogP contribution in [0.5, 0.6) is 0 Å². The van der Waals surface area contributed by atoms with E-state index >= 15 is 0 Å². The first-order valence-corrected chi connectivity index (χ1v) is 7.78. The van der Waals surface area contributed by atoms with E-state index in [1.54, 1.807) is 0 Å². The van der Waals surface area contributed by atoms with Crippen molar-refractivity contribution in [2.75, 3.05) is 19.6 Å². The van der Waals surface area contributed by atoms with Gasteiger partial charge in [-0.05, 0) is 51.5 Å². The number of fused-ring (bicyclic) bond motifs is 1. The van der Waals surface area contributed by atoms with Gasteiger partial charge in [0.05, 0.1) is 0 Å². The summed E-state index contributed by atoms with van der Waals surface area (Å²) < 4.78 is 0. The third-order valence-corrected chi connectivity index (χ3v) is 4.72. The van der Waals surface area contributed by atoms with E-state index in [-0.39, 0.29) is 0 Å². The fourth-order valence-corrected chi connectivity index (χ4v) is 3.82. The van der Waals surface area contributed by atoms with Gasteiger partial charge in [0.2, 0.25) is 0 Å². The molecule has 1 aliphatic carbocycles. The average Bonchev–Trinajstić information content (AvgIpc) is 2.78. The summed E-state index contributed by atoms with van der Waals surface area (Å²) in [4.78, 5) is 2.77. The zero-order chi connectivity index (χ0) is 12.1. The van der Waals surface area contributed by atoms with Crippen molar-refractivity contribution < 1.29 is 0 Å². The van der Waals surface area contributed by atoms with Crippen LogP contribution >= 0.6 is 0 Å². The number of piperidine rings is 1. The normalized spacial score (nSPS) is 31.4. The highest BCUT2D eigenvalue weighted by Crippen LogP contribution is 2.36. The fourth-order valence-electron chi connectivity index (χ4n) is 3.82. The summed E-state index contributed by atoms with van der Waals surface area (Å²) in [5.41, 5.74) is 0. The van der Waals surface area contributed by atoms with Crippen molar-refractivity contribution in [3.05, 3.63) is 0 Å². The Kier molecular flexibility index (Phi) is 5.30. The van der Waals surface area contributed by atoms with Gasteiger partial charge in [-0.15, -0.1) is 0 Å². The van der Waals surface area contributed by atoms with Gasteiger partial charge in [0.25, 0.3) is 0 Å². The molecule has 100 valence electrons. The van der Waals surface area contributed by atoms with Crippen LogP contribution < -0.4 is 5.32 Å². The standard InChI is InChI=1S/C15H30N2/c1-3-6-13(2)16-10-12-17-11-5-8-14-7-4-9-15(14)17/h13-16H,3-12H2,1-2H3. The molecule has 0 aromatic heterocycles. The third-order valence-electron chi connectivity index (χ3n) is 4.72. The van der Waals surface area contributed by atoms with Crippen molar-refractivity contribution in [3.8, 4) is 0 Å². The van der Waals surface area contributed by atoms with Crippen LogP contribution in [0.15, 0.2) is 0 Å². The quantitative estimate of drug-likeness (QED) is 0.765. The Morgan fingerprint density at radius 3 is 2.88 bits per heavy atom. The van der Waals surface area contributed by atoms with Gasteiger partial charge in [0, 0.05) is 25.2 Å². The topological polar surface area (TPSA) is 15.3 Å². The van der Waals surface area contributed by atoms with E-state index in [1.165, 1.54) is 64.6 Å². The molecule has 1 heterocycles. The Morgan fingerprint density at radius 1 is 1.24 bits per heavy atom. The highest BCUT2D eigenvalue weighted by atomic mass is 15.2. The van der Waals surface area contributed by atoms with Gasteiger partial charge < -0.3 is 5.32 Å². The molecular formula is C15H30N2. The van der Waals surface area contributed by atoms with Crippen molar-refractivity contribution >= 4 is 0 Å². The minimum atomic E-state index is 0.698. The van der Waals surface area contributed by atoms with Gasteiger partial charge in [-0.2, -0.15) is 0 Å². The molecule has 0 aromatic carbocycles. The van der Waals surface area contributed by atoms with Crippen molar-refractivity contribution in [3.63, 3.8) is 0 Å². The molecule has 2 fully saturated rings. The molecule has 2 heteroatoms. The highest BCUT2D eigenvalue weighted by molar-refractivity contribution is 4.89. The van der Waals surface area contributed by atoms with Crippen LogP contribution in [-0.4, -0.2) is 36.6 Å². The first kappa shape index (κ1) is 13.4. The average molecular weight is 238 g/mol. The number of hydrogen-bond donors (Lipinski definition) is 1. The monoisotopic (exact) mass is 238 g/mol. The lowest BCUT2D eigenvalue weighted by atomic mass is 9.92. The Bertz CT molecular complexity index is 217. The van der Waals surface area contributed by atoms with Crippen molar-refractivity contribution in [1.82, 2.24) is 10.2 Å². The highest BCUT2D eigenvalue weighted by Gasteiger charge is 2.34. The summed E-state index contributed by atoms with van der Waals surface area (Å²) in [5.74, 6) is 1.04. The first-order valence-electron chi connectivity index (χ1n) is 7.78. The fraction of sp³-hybridized carbons (Fsp3) is 1.00. The maximum absolute atomic E-state index is 3.67. The number of rotatable bonds is 6. The number of nitrogens with zero attached hydrogens (tertiary/aromatic N) is 1. The van der Waals surface area contributed by atoms with Crippen molar-refractivity contribution in [1.29, 1.82) is 0 Å². The van der Waals surface area contributed by atoms with Gasteiger partial charge in [0.15, 0.2) is 0 Å². The van der Waals surface area contributed by atoms with E-state index < -0.39 is 0 Å². The predicted octanol–water partition coefficient (Wildman–Crippen LogP) is 3.03. The van der Waals surface area contributed by atoms with E-state index in [9.17, 15) is 0 Å². The molecule has 0 radical (unpaired) electrons. The molecule has 3 unspecified atom stereocenters. The molecule has 1 saturated heterocycles. The second kappa shape index (κ2) is 6.75. The summed E-state index contributed by atoms with van der Waals surface area (Å²) in [7, 11) is 0. The maximum Gasteiger partial charge on any atom is 0.0124 e. The number of hydrogen-bond acceptors (Lipinski definition) is 2. The lowest BCUT2D eigenvalue weighted by Crippen LogP contribution is -2.46. The smallest absolute Gasteiger partial charge is 0.0124 e. The number of nitrogens with one attached hydrogen (secondary N) is 1. The molecule has 1 saturated carbocycles. The maximum atomic E-state index is 3.67. The van der Waals surface area contributed by atoms with Gasteiger partial charge in [-0.3, -0.25) is 4.90 Å². The molecule has 0 bridgehead atoms. The Balaban J connectivity index is 1.67. The molecule has 1 N–H and O–H groups in total. The molecule has 2 aliphatic rings. The second-order valence-corrected chi connectivity index (χ2v) is 6.08. The van der Waals surface area contributed by atoms with Crippen molar-refractivity contribution in [2.24, 2.45) is 5.92 Å². The van der Waals surface area contributed by atoms with E-state index in [1.807, 2.05) is 0 Å². The van der Waals surface area contributed by atoms with E-state index in [4.69, 9.17) is 0 Å². The summed E-state index contributed by atoms with van der Waals surface area (Å²) in [5, 5.41) is 3.67. The lowest BCUT2D eigenvalue weighted by Gasteiger charge is -2.38. The number of likely N-dealkylation sites (tertiary alicyclic amines) is 1. The lowest BCUT2D eigenvalue weighted by molar-refractivity contribution is 0.113. The molecule has 1 aliphatic heterocycles. The van der Waals surface area contributed by atoms with Gasteiger partial charge >= 0.3 is 0 Å². The van der Waals surface area contributed by atoms with Crippen LogP contribution in [0.25, 0.3) is 0 Å². The van der Waals surface area contributed by atoms with Gasteiger partial charge in [-0.25, -0.2) is 0 Å². The SMILES string of the molecule is CCCC(C)NCCN1CCCC2CCCC21. The van der Waals surface area contributed by atoms with Crippen molar-refractivity contribution in [2.45, 2.75) is 70.9 Å². The summed E-state index contributed by atoms with van der Waals surface area (Å²) in [6, 6.07) is 1.64. The molecular weight excluding hydrogens is 208 g/mol. The molecule has 3 atom stereocenters. The summed E-state index contributed by atoms with van der Waals surface area (Å²) in [6.45, 7) is 8.40. The third kappa shape index (κ3) is 3.69. The summed E-state index contributed by atoms with van der Waals surface area (Å²) in [6.07, 6.45) is 9.99. The molecule has 17 heavy (non-hydrogen) atoms. The minimum Gasteiger partial charge on any atom is -0.313 e. The Labute approximate surface area is 107 Å². The van der Waals surface area contributed by atoms with Crippen LogP contribution in [0, 0.1) is 5.92 Å². The van der Waals surface area contributed by atoms with Gasteiger partial charge in [0.1, 0.15) is 0 Å². The molecule has 0 spiro atoms. The largest absolute Gasteiger partial charge is 0.313 e. The molecule has 0 amide bonds. The van der Waals surface area contributed by atoms with Crippen LogP contribution in [0.3, 0.4) is 0 Å². The molecule has 2 rings (SSSR count). The van der Waals surface area contributed by atoms with Crippen LogP contribution in [-0.2, 0) is 0 Å². The van der Waals surface area contributed by atoms with Crippen LogP contribution in [0.4, 0.5) is 0 Å². The van der Waals surface area contributed by atoms with E-state index in [2.05, 4.69) is 24.1 Å². The molecule has 2 nitrogen and oxygen atoms in total.